The van der Waals surface area contributed by atoms with E-state index >= 15 is 0 Å². The number of nitrogen functional groups attached to an aromatic ring is 1. The van der Waals surface area contributed by atoms with Gasteiger partial charge in [-0.1, -0.05) is 39.0 Å². The first-order valence-corrected chi connectivity index (χ1v) is 6.85. The Morgan fingerprint density at radius 2 is 1.89 bits per heavy atom. The van der Waals surface area contributed by atoms with Crippen molar-refractivity contribution in [3.63, 3.8) is 0 Å². The number of hydrogen-bond donors (Lipinski definition) is 1. The number of aromatic nitrogens is 1. The van der Waals surface area contributed by atoms with Gasteiger partial charge in [-0.3, -0.25) is 0 Å². The number of benzene rings is 1. The molecular formula is C15H17BrN2O. The summed E-state index contributed by atoms with van der Waals surface area (Å²) in [6.07, 6.45) is 1.58. The van der Waals surface area contributed by atoms with E-state index in [4.69, 9.17) is 10.5 Å². The fourth-order valence-electron chi connectivity index (χ4n) is 1.79. The summed E-state index contributed by atoms with van der Waals surface area (Å²) >= 11 is 3.41. The fraction of sp³-hybridized carbons (Fsp3) is 0.267. The average molecular weight is 321 g/mol. The van der Waals surface area contributed by atoms with Gasteiger partial charge in [-0.05, 0) is 33.5 Å². The third-order valence-electron chi connectivity index (χ3n) is 2.73. The smallest absolute Gasteiger partial charge is 0.233 e. The second-order valence-corrected chi connectivity index (χ2v) is 6.26. The first kappa shape index (κ1) is 13.9. The topological polar surface area (TPSA) is 48.1 Å². The van der Waals surface area contributed by atoms with E-state index in [-0.39, 0.29) is 5.41 Å². The average Bonchev–Trinajstić information content (AvgIpc) is 2.32. The van der Waals surface area contributed by atoms with E-state index in [2.05, 4.69) is 47.8 Å². The predicted octanol–water partition coefficient (Wildman–Crippen LogP) is 4.52. The van der Waals surface area contributed by atoms with Gasteiger partial charge in [-0.25, -0.2) is 4.98 Å². The molecule has 2 rings (SSSR count). The minimum Gasteiger partial charge on any atom is -0.438 e. The van der Waals surface area contributed by atoms with E-state index in [0.717, 1.165) is 15.8 Å². The van der Waals surface area contributed by atoms with Gasteiger partial charge in [0, 0.05) is 5.56 Å². The van der Waals surface area contributed by atoms with Gasteiger partial charge >= 0.3 is 0 Å². The SMILES string of the molecule is CC(C)(C)c1ccccc1Oc1ncc(N)cc1Br. The molecule has 0 bridgehead atoms. The molecule has 0 saturated heterocycles. The zero-order chi connectivity index (χ0) is 14.0. The lowest BCUT2D eigenvalue weighted by Crippen LogP contribution is -2.12. The molecule has 0 radical (unpaired) electrons. The summed E-state index contributed by atoms with van der Waals surface area (Å²) in [5.74, 6) is 1.33. The molecule has 1 aromatic heterocycles. The van der Waals surface area contributed by atoms with Crippen LogP contribution < -0.4 is 10.5 Å². The zero-order valence-corrected chi connectivity index (χ0v) is 12.9. The molecule has 1 heterocycles. The van der Waals surface area contributed by atoms with Crippen molar-refractivity contribution in [3.05, 3.63) is 46.6 Å². The molecular weight excluding hydrogens is 304 g/mol. The highest BCUT2D eigenvalue weighted by Crippen LogP contribution is 2.35. The predicted molar refractivity (Wildman–Crippen MR) is 81.6 cm³/mol. The van der Waals surface area contributed by atoms with Crippen LogP contribution in [-0.2, 0) is 5.41 Å². The van der Waals surface area contributed by atoms with Crippen LogP contribution in [0.4, 0.5) is 5.69 Å². The maximum Gasteiger partial charge on any atom is 0.233 e. The Morgan fingerprint density at radius 1 is 1.21 bits per heavy atom. The van der Waals surface area contributed by atoms with Crippen molar-refractivity contribution in [2.75, 3.05) is 5.73 Å². The van der Waals surface area contributed by atoms with Crippen LogP contribution in [0.25, 0.3) is 0 Å². The van der Waals surface area contributed by atoms with Crippen LogP contribution >= 0.6 is 15.9 Å². The van der Waals surface area contributed by atoms with Crippen LogP contribution in [0, 0.1) is 0 Å². The maximum atomic E-state index is 5.91. The van der Waals surface area contributed by atoms with E-state index in [1.807, 2.05) is 18.2 Å². The van der Waals surface area contributed by atoms with Crippen LogP contribution in [0.15, 0.2) is 41.0 Å². The first-order chi connectivity index (χ1) is 8.88. The van der Waals surface area contributed by atoms with Crippen molar-refractivity contribution < 1.29 is 4.74 Å². The fourth-order valence-corrected chi connectivity index (χ4v) is 2.24. The molecule has 0 spiro atoms. The molecule has 0 aliphatic heterocycles. The highest BCUT2D eigenvalue weighted by molar-refractivity contribution is 9.10. The highest BCUT2D eigenvalue weighted by Gasteiger charge is 2.19. The molecule has 0 saturated carbocycles. The van der Waals surface area contributed by atoms with Crippen molar-refractivity contribution in [2.45, 2.75) is 26.2 Å². The Morgan fingerprint density at radius 3 is 2.53 bits per heavy atom. The molecule has 0 aliphatic rings. The lowest BCUT2D eigenvalue weighted by atomic mass is 9.86. The monoisotopic (exact) mass is 320 g/mol. The quantitative estimate of drug-likeness (QED) is 0.885. The van der Waals surface area contributed by atoms with Crippen LogP contribution in [-0.4, -0.2) is 4.98 Å². The third kappa shape index (κ3) is 3.26. The van der Waals surface area contributed by atoms with E-state index in [1.165, 1.54) is 0 Å². The molecule has 3 nitrogen and oxygen atoms in total. The summed E-state index contributed by atoms with van der Waals surface area (Å²) in [5.41, 5.74) is 7.42. The zero-order valence-electron chi connectivity index (χ0n) is 11.3. The molecule has 0 fully saturated rings. The van der Waals surface area contributed by atoms with Crippen LogP contribution in [0.3, 0.4) is 0 Å². The number of pyridine rings is 1. The number of halogens is 1. The number of hydrogen-bond acceptors (Lipinski definition) is 3. The summed E-state index contributed by atoms with van der Waals surface area (Å²) in [5, 5.41) is 0. The minimum atomic E-state index is 0.0108. The maximum absolute atomic E-state index is 5.91. The molecule has 2 N–H and O–H groups in total. The molecule has 0 unspecified atom stereocenters. The Labute approximate surface area is 121 Å². The molecule has 4 heteroatoms. The lowest BCUT2D eigenvalue weighted by molar-refractivity contribution is 0.437. The molecule has 2 aromatic rings. The van der Waals surface area contributed by atoms with Gasteiger partial charge in [0.2, 0.25) is 5.88 Å². The van der Waals surface area contributed by atoms with Gasteiger partial charge in [0.05, 0.1) is 16.4 Å². The largest absolute Gasteiger partial charge is 0.438 e. The summed E-state index contributed by atoms with van der Waals surface area (Å²) in [6, 6.07) is 9.77. The van der Waals surface area contributed by atoms with Crippen molar-refractivity contribution in [1.82, 2.24) is 4.98 Å². The molecule has 0 amide bonds. The molecule has 100 valence electrons. The number of nitrogens with two attached hydrogens (primary N) is 1. The van der Waals surface area contributed by atoms with Crippen molar-refractivity contribution in [1.29, 1.82) is 0 Å². The Hall–Kier alpha value is -1.55. The second-order valence-electron chi connectivity index (χ2n) is 5.40. The van der Waals surface area contributed by atoms with Crippen LogP contribution in [0.2, 0.25) is 0 Å². The summed E-state index contributed by atoms with van der Waals surface area (Å²) in [7, 11) is 0. The number of ether oxygens (including phenoxy) is 1. The van der Waals surface area contributed by atoms with Gasteiger partial charge in [-0.2, -0.15) is 0 Å². The van der Waals surface area contributed by atoms with Crippen molar-refractivity contribution >= 4 is 21.6 Å². The summed E-state index contributed by atoms with van der Waals surface area (Å²) in [6.45, 7) is 6.46. The number of para-hydroxylation sites is 1. The Kier molecular flexibility index (Phi) is 3.80. The number of rotatable bonds is 2. The third-order valence-corrected chi connectivity index (χ3v) is 3.30. The van der Waals surface area contributed by atoms with E-state index in [9.17, 15) is 0 Å². The number of anilines is 1. The summed E-state index contributed by atoms with van der Waals surface area (Å²) < 4.78 is 6.65. The van der Waals surface area contributed by atoms with Gasteiger partial charge in [0.15, 0.2) is 0 Å². The van der Waals surface area contributed by atoms with Crippen molar-refractivity contribution in [3.8, 4) is 11.6 Å². The molecule has 0 aliphatic carbocycles. The molecule has 19 heavy (non-hydrogen) atoms. The van der Waals surface area contributed by atoms with E-state index in [0.29, 0.717) is 11.6 Å². The normalized spacial score (nSPS) is 11.4. The van der Waals surface area contributed by atoms with Gasteiger partial charge < -0.3 is 10.5 Å². The standard InChI is InChI=1S/C15H17BrN2O/c1-15(2,3)11-6-4-5-7-13(11)19-14-12(16)8-10(17)9-18-14/h4-9H,17H2,1-3H3. The minimum absolute atomic E-state index is 0.0108. The Balaban J connectivity index is 2.39. The van der Waals surface area contributed by atoms with Crippen LogP contribution in [0.5, 0.6) is 11.6 Å². The summed E-state index contributed by atoms with van der Waals surface area (Å²) in [4.78, 5) is 4.20. The Bertz CT molecular complexity index is 591. The van der Waals surface area contributed by atoms with Crippen molar-refractivity contribution in [2.24, 2.45) is 0 Å². The van der Waals surface area contributed by atoms with E-state index in [1.54, 1.807) is 12.3 Å². The molecule has 1 aromatic carbocycles. The highest BCUT2D eigenvalue weighted by atomic mass is 79.9. The lowest BCUT2D eigenvalue weighted by Gasteiger charge is -2.22. The van der Waals surface area contributed by atoms with Crippen LogP contribution in [0.1, 0.15) is 26.3 Å². The van der Waals surface area contributed by atoms with Gasteiger partial charge in [-0.15, -0.1) is 0 Å². The molecule has 0 atom stereocenters. The van der Waals surface area contributed by atoms with Gasteiger partial charge in [0.25, 0.3) is 0 Å². The first-order valence-electron chi connectivity index (χ1n) is 6.06. The van der Waals surface area contributed by atoms with Gasteiger partial charge in [0.1, 0.15) is 5.75 Å². The number of nitrogens with zero attached hydrogens (tertiary/aromatic N) is 1. The van der Waals surface area contributed by atoms with E-state index < -0.39 is 0 Å². The second kappa shape index (κ2) is 5.21.